The highest BCUT2D eigenvalue weighted by atomic mass is 16.2. The van der Waals surface area contributed by atoms with Crippen LogP contribution in [0.15, 0.2) is 12.7 Å². The molecule has 0 bridgehead atoms. The molecule has 1 fully saturated rings. The van der Waals surface area contributed by atoms with Crippen LogP contribution in [-0.4, -0.2) is 42.5 Å². The largest absolute Gasteiger partial charge is 0.351 e. The van der Waals surface area contributed by atoms with Gasteiger partial charge in [-0.2, -0.15) is 0 Å². The van der Waals surface area contributed by atoms with Gasteiger partial charge in [0.1, 0.15) is 0 Å². The highest BCUT2D eigenvalue weighted by molar-refractivity contribution is 5.81. The summed E-state index contributed by atoms with van der Waals surface area (Å²) in [4.78, 5) is 13.9. The van der Waals surface area contributed by atoms with Crippen LogP contribution in [-0.2, 0) is 4.79 Å². The second-order valence-electron chi connectivity index (χ2n) is 4.61. The molecule has 3 unspecified atom stereocenters. The molecule has 0 aliphatic carbocycles. The van der Waals surface area contributed by atoms with Gasteiger partial charge in [0.25, 0.3) is 0 Å². The fourth-order valence-corrected chi connectivity index (χ4v) is 2.08. The number of nitrogens with one attached hydrogen (secondary N) is 1. The Labute approximate surface area is 97.9 Å². The minimum absolute atomic E-state index is 0.0660. The van der Waals surface area contributed by atoms with Crippen LogP contribution in [0.5, 0.6) is 0 Å². The van der Waals surface area contributed by atoms with Crippen molar-refractivity contribution < 1.29 is 4.79 Å². The van der Waals surface area contributed by atoms with Crippen LogP contribution in [0.4, 0.5) is 0 Å². The number of carbonyl (C=O) groups is 1. The smallest absolute Gasteiger partial charge is 0.237 e. The van der Waals surface area contributed by atoms with E-state index in [2.05, 4.69) is 16.8 Å². The molecular formula is C12H23N3O. The lowest BCUT2D eigenvalue weighted by atomic mass is 10.0. The van der Waals surface area contributed by atoms with Gasteiger partial charge in [-0.15, -0.1) is 6.58 Å². The molecule has 1 aliphatic rings. The van der Waals surface area contributed by atoms with Gasteiger partial charge in [-0.1, -0.05) is 6.08 Å². The van der Waals surface area contributed by atoms with E-state index in [0.717, 1.165) is 19.5 Å². The lowest BCUT2D eigenvalue weighted by Crippen LogP contribution is -2.44. The molecule has 1 aliphatic heterocycles. The first-order valence-corrected chi connectivity index (χ1v) is 5.94. The van der Waals surface area contributed by atoms with Gasteiger partial charge in [-0.3, -0.25) is 9.69 Å². The first-order chi connectivity index (χ1) is 7.56. The van der Waals surface area contributed by atoms with Gasteiger partial charge in [0.05, 0.1) is 6.04 Å². The van der Waals surface area contributed by atoms with E-state index in [1.54, 1.807) is 6.08 Å². The van der Waals surface area contributed by atoms with Gasteiger partial charge >= 0.3 is 0 Å². The first-order valence-electron chi connectivity index (χ1n) is 5.94. The van der Waals surface area contributed by atoms with Crippen molar-refractivity contribution in [2.75, 3.05) is 19.6 Å². The number of likely N-dealkylation sites (tertiary alicyclic amines) is 1. The van der Waals surface area contributed by atoms with E-state index >= 15 is 0 Å². The Hall–Kier alpha value is -0.870. The molecule has 1 amide bonds. The summed E-state index contributed by atoms with van der Waals surface area (Å²) in [5, 5.41) is 2.82. The number of hydrogen-bond donors (Lipinski definition) is 2. The van der Waals surface area contributed by atoms with Gasteiger partial charge in [0.15, 0.2) is 0 Å². The summed E-state index contributed by atoms with van der Waals surface area (Å²) in [5.74, 6) is 0.597. The van der Waals surface area contributed by atoms with Crippen molar-refractivity contribution in [2.24, 2.45) is 11.7 Å². The van der Waals surface area contributed by atoms with E-state index in [1.807, 2.05) is 13.8 Å². The van der Waals surface area contributed by atoms with Crippen LogP contribution in [0.3, 0.4) is 0 Å². The van der Waals surface area contributed by atoms with Gasteiger partial charge in [-0.25, -0.2) is 0 Å². The lowest BCUT2D eigenvalue weighted by molar-refractivity contribution is -0.125. The van der Waals surface area contributed by atoms with Crippen LogP contribution >= 0.6 is 0 Å². The molecule has 3 atom stereocenters. The van der Waals surface area contributed by atoms with Crippen molar-refractivity contribution in [2.45, 2.75) is 32.4 Å². The Kier molecular flexibility index (Phi) is 4.96. The Morgan fingerprint density at radius 3 is 2.88 bits per heavy atom. The summed E-state index contributed by atoms with van der Waals surface area (Å²) in [6.07, 6.45) is 2.79. The normalized spacial score (nSPS) is 25.1. The molecular weight excluding hydrogens is 202 g/mol. The predicted molar refractivity (Wildman–Crippen MR) is 66.0 cm³/mol. The van der Waals surface area contributed by atoms with E-state index in [9.17, 15) is 4.79 Å². The fraction of sp³-hybridized carbons (Fsp3) is 0.750. The fourth-order valence-electron chi connectivity index (χ4n) is 2.08. The van der Waals surface area contributed by atoms with Gasteiger partial charge in [0, 0.05) is 19.1 Å². The quantitative estimate of drug-likeness (QED) is 0.664. The van der Waals surface area contributed by atoms with Crippen molar-refractivity contribution in [3.8, 4) is 0 Å². The highest BCUT2D eigenvalue weighted by Crippen LogP contribution is 2.20. The molecule has 0 radical (unpaired) electrons. The zero-order valence-electron chi connectivity index (χ0n) is 10.3. The second-order valence-corrected chi connectivity index (χ2v) is 4.61. The molecule has 4 nitrogen and oxygen atoms in total. The number of amides is 1. The average molecular weight is 225 g/mol. The molecule has 0 aromatic heterocycles. The van der Waals surface area contributed by atoms with Gasteiger partial charge < -0.3 is 11.1 Å². The number of rotatable bonds is 5. The third-order valence-electron chi connectivity index (χ3n) is 3.35. The minimum atomic E-state index is -0.0660. The Morgan fingerprint density at radius 1 is 1.69 bits per heavy atom. The zero-order valence-corrected chi connectivity index (χ0v) is 10.3. The molecule has 0 aromatic rings. The molecule has 1 saturated heterocycles. The summed E-state index contributed by atoms with van der Waals surface area (Å²) < 4.78 is 0. The maximum atomic E-state index is 11.7. The Morgan fingerprint density at radius 2 is 2.38 bits per heavy atom. The van der Waals surface area contributed by atoms with Crippen LogP contribution < -0.4 is 11.1 Å². The molecule has 0 saturated carbocycles. The third-order valence-corrected chi connectivity index (χ3v) is 3.35. The predicted octanol–water partition coefficient (Wildman–Crippen LogP) is 0.346. The summed E-state index contributed by atoms with van der Waals surface area (Å²) >= 11 is 0. The minimum Gasteiger partial charge on any atom is -0.351 e. The molecule has 92 valence electrons. The van der Waals surface area contributed by atoms with Crippen LogP contribution in [0, 0.1) is 5.92 Å². The molecule has 4 heteroatoms. The van der Waals surface area contributed by atoms with Gasteiger partial charge in [0.2, 0.25) is 5.91 Å². The van der Waals surface area contributed by atoms with E-state index in [1.165, 1.54) is 0 Å². The molecule has 1 heterocycles. The monoisotopic (exact) mass is 225 g/mol. The van der Waals surface area contributed by atoms with Crippen LogP contribution in [0.25, 0.3) is 0 Å². The van der Waals surface area contributed by atoms with E-state index in [-0.39, 0.29) is 18.0 Å². The van der Waals surface area contributed by atoms with Crippen LogP contribution in [0.1, 0.15) is 20.3 Å². The lowest BCUT2D eigenvalue weighted by Gasteiger charge is -2.23. The highest BCUT2D eigenvalue weighted by Gasteiger charge is 2.30. The number of carbonyl (C=O) groups excluding carboxylic acids is 1. The van der Waals surface area contributed by atoms with E-state index in [0.29, 0.717) is 12.5 Å². The van der Waals surface area contributed by atoms with Crippen molar-refractivity contribution in [3.63, 3.8) is 0 Å². The topological polar surface area (TPSA) is 58.4 Å². The second kappa shape index (κ2) is 6.01. The summed E-state index contributed by atoms with van der Waals surface area (Å²) in [7, 11) is 0. The standard InChI is InChI=1S/C12H23N3O/c1-4-6-14-12(16)10(3)15-7-5-11(8-15)9(2)13/h4,9-11H,1,5-8,13H2,2-3H3,(H,14,16). The number of hydrogen-bond acceptors (Lipinski definition) is 3. The molecule has 0 spiro atoms. The zero-order chi connectivity index (χ0) is 12.1. The Bertz CT molecular complexity index is 253. The maximum absolute atomic E-state index is 11.7. The van der Waals surface area contributed by atoms with E-state index in [4.69, 9.17) is 5.73 Å². The van der Waals surface area contributed by atoms with Crippen molar-refractivity contribution >= 4 is 5.91 Å². The summed E-state index contributed by atoms with van der Waals surface area (Å²) in [5.41, 5.74) is 5.88. The third kappa shape index (κ3) is 3.32. The first kappa shape index (κ1) is 13.2. The summed E-state index contributed by atoms with van der Waals surface area (Å²) in [6.45, 7) is 10.00. The average Bonchev–Trinajstić information content (AvgIpc) is 2.74. The van der Waals surface area contributed by atoms with Gasteiger partial charge in [-0.05, 0) is 32.7 Å². The van der Waals surface area contributed by atoms with Crippen molar-refractivity contribution in [1.82, 2.24) is 10.2 Å². The van der Waals surface area contributed by atoms with Crippen molar-refractivity contribution in [3.05, 3.63) is 12.7 Å². The SMILES string of the molecule is C=CCNC(=O)C(C)N1CCC(C(C)N)C1. The number of nitrogens with two attached hydrogens (primary N) is 1. The molecule has 16 heavy (non-hydrogen) atoms. The number of nitrogens with zero attached hydrogens (tertiary/aromatic N) is 1. The van der Waals surface area contributed by atoms with Crippen LogP contribution in [0.2, 0.25) is 0 Å². The molecule has 1 rings (SSSR count). The summed E-state index contributed by atoms with van der Waals surface area (Å²) in [6, 6.07) is 0.150. The van der Waals surface area contributed by atoms with Crippen molar-refractivity contribution in [1.29, 1.82) is 0 Å². The molecule has 3 N–H and O–H groups in total. The molecule has 0 aromatic carbocycles. The maximum Gasteiger partial charge on any atom is 0.237 e. The Balaban J connectivity index is 2.40. The van der Waals surface area contributed by atoms with E-state index < -0.39 is 0 Å².